The number of carboxylic acid groups (broad SMARTS) is 1. The van der Waals surface area contributed by atoms with Crippen molar-refractivity contribution >= 4 is 16.0 Å². The van der Waals surface area contributed by atoms with Crippen molar-refractivity contribution in [2.45, 2.75) is 31.4 Å². The van der Waals surface area contributed by atoms with Gasteiger partial charge >= 0.3 is 5.97 Å². The van der Waals surface area contributed by atoms with Crippen molar-refractivity contribution in [3.8, 4) is 28.4 Å². The van der Waals surface area contributed by atoms with E-state index in [0.717, 1.165) is 28.2 Å². The van der Waals surface area contributed by atoms with Crippen molar-refractivity contribution in [3.63, 3.8) is 0 Å². The largest absolute Gasteiger partial charge is 0.489 e. The average Bonchev–Trinajstić information content (AvgIpc) is 2.86. The molecule has 1 atom stereocenters. The number of benzene rings is 3. The Morgan fingerprint density at radius 2 is 1.54 bits per heavy atom. The molecular formula is C26H27NO7S. The molecule has 0 bridgehead atoms. The van der Waals surface area contributed by atoms with Crippen LogP contribution in [0.15, 0.2) is 71.6 Å². The first-order valence-electron chi connectivity index (χ1n) is 11.2. The highest BCUT2D eigenvalue weighted by Crippen LogP contribution is 2.31. The predicted molar refractivity (Wildman–Crippen MR) is 130 cm³/mol. The van der Waals surface area contributed by atoms with E-state index in [1.807, 2.05) is 42.5 Å². The molecule has 0 unspecified atom stereocenters. The Morgan fingerprint density at radius 3 is 2.14 bits per heavy atom. The summed E-state index contributed by atoms with van der Waals surface area (Å²) < 4.78 is 44.5. The topological polar surface area (TPSA) is 111 Å². The van der Waals surface area contributed by atoms with E-state index in [4.69, 9.17) is 14.2 Å². The lowest BCUT2D eigenvalue weighted by atomic mass is 10.1. The van der Waals surface area contributed by atoms with Crippen LogP contribution in [0.25, 0.3) is 11.1 Å². The Hall–Kier alpha value is -3.56. The summed E-state index contributed by atoms with van der Waals surface area (Å²) in [5, 5.41) is 9.27. The maximum atomic E-state index is 12.6. The molecule has 184 valence electrons. The first-order chi connectivity index (χ1) is 16.7. The van der Waals surface area contributed by atoms with Gasteiger partial charge in [-0.1, -0.05) is 44.2 Å². The zero-order chi connectivity index (χ0) is 25.0. The van der Waals surface area contributed by atoms with Crippen molar-refractivity contribution < 1.29 is 32.5 Å². The molecule has 3 aromatic carbocycles. The molecule has 35 heavy (non-hydrogen) atoms. The molecule has 9 heteroatoms. The Balaban J connectivity index is 1.40. The lowest BCUT2D eigenvalue weighted by Crippen LogP contribution is -2.44. The first-order valence-corrected chi connectivity index (χ1v) is 12.7. The molecule has 1 aliphatic rings. The van der Waals surface area contributed by atoms with Crippen LogP contribution < -0.4 is 18.9 Å². The maximum absolute atomic E-state index is 12.6. The lowest BCUT2D eigenvalue weighted by Gasteiger charge is -2.19. The quantitative estimate of drug-likeness (QED) is 0.458. The minimum absolute atomic E-state index is 0.00697. The van der Waals surface area contributed by atoms with Gasteiger partial charge in [0.15, 0.2) is 11.5 Å². The monoisotopic (exact) mass is 497 g/mol. The minimum atomic E-state index is -3.96. The number of sulfonamides is 1. The minimum Gasteiger partial charge on any atom is -0.489 e. The van der Waals surface area contributed by atoms with Gasteiger partial charge in [0.1, 0.15) is 31.6 Å². The van der Waals surface area contributed by atoms with Gasteiger partial charge in [0.05, 0.1) is 4.90 Å². The van der Waals surface area contributed by atoms with Crippen LogP contribution in [-0.2, 0) is 21.4 Å². The number of nitrogens with one attached hydrogen (secondary N) is 1. The van der Waals surface area contributed by atoms with Gasteiger partial charge in [0, 0.05) is 0 Å². The molecule has 0 aliphatic carbocycles. The van der Waals surface area contributed by atoms with Gasteiger partial charge in [0.25, 0.3) is 0 Å². The highest BCUT2D eigenvalue weighted by molar-refractivity contribution is 7.89. The van der Waals surface area contributed by atoms with Gasteiger partial charge in [-0.3, -0.25) is 4.79 Å². The summed E-state index contributed by atoms with van der Waals surface area (Å²) in [7, 11) is -3.96. The van der Waals surface area contributed by atoms with E-state index in [0.29, 0.717) is 25.6 Å². The average molecular weight is 498 g/mol. The van der Waals surface area contributed by atoms with Crippen molar-refractivity contribution in [1.29, 1.82) is 0 Å². The summed E-state index contributed by atoms with van der Waals surface area (Å²) >= 11 is 0. The zero-order valence-corrected chi connectivity index (χ0v) is 20.2. The SMILES string of the molecule is CC(C)[C@@H](NS(=O)(=O)c1ccc(-c2ccc(OCc3ccc4c(c3)OCCO4)cc2)cc1)C(=O)O. The number of aliphatic carboxylic acids is 1. The van der Waals surface area contributed by atoms with Crippen LogP contribution in [0.1, 0.15) is 19.4 Å². The number of carboxylic acids is 1. The third kappa shape index (κ3) is 5.93. The molecule has 2 N–H and O–H groups in total. The van der Waals surface area contributed by atoms with E-state index in [-0.39, 0.29) is 4.90 Å². The second-order valence-corrected chi connectivity index (χ2v) is 10.2. The zero-order valence-electron chi connectivity index (χ0n) is 19.4. The summed E-state index contributed by atoms with van der Waals surface area (Å²) in [6.45, 7) is 4.75. The van der Waals surface area contributed by atoms with Crippen LogP contribution in [0.5, 0.6) is 17.2 Å². The number of rotatable bonds is 9. The van der Waals surface area contributed by atoms with Crippen LogP contribution >= 0.6 is 0 Å². The summed E-state index contributed by atoms with van der Waals surface area (Å²) in [5.74, 6) is 0.547. The fourth-order valence-electron chi connectivity index (χ4n) is 3.62. The highest BCUT2D eigenvalue weighted by Gasteiger charge is 2.28. The second kappa shape index (κ2) is 10.4. The molecule has 3 aromatic rings. The van der Waals surface area contributed by atoms with Gasteiger partial charge in [0.2, 0.25) is 10.0 Å². The van der Waals surface area contributed by atoms with Crippen LogP contribution in [-0.4, -0.2) is 38.7 Å². The highest BCUT2D eigenvalue weighted by atomic mass is 32.2. The van der Waals surface area contributed by atoms with Crippen LogP contribution in [0.3, 0.4) is 0 Å². The van der Waals surface area contributed by atoms with Crippen molar-refractivity contribution in [2.75, 3.05) is 13.2 Å². The molecule has 0 spiro atoms. The van der Waals surface area contributed by atoms with E-state index in [2.05, 4.69) is 4.72 Å². The number of carbonyl (C=O) groups is 1. The van der Waals surface area contributed by atoms with Gasteiger partial charge in [-0.25, -0.2) is 8.42 Å². The van der Waals surface area contributed by atoms with Crippen LogP contribution in [0.4, 0.5) is 0 Å². The summed E-state index contributed by atoms with van der Waals surface area (Å²) in [5.41, 5.74) is 2.67. The summed E-state index contributed by atoms with van der Waals surface area (Å²) in [6, 6.07) is 18.3. The molecule has 0 saturated heterocycles. The van der Waals surface area contributed by atoms with Crippen molar-refractivity contribution in [1.82, 2.24) is 4.72 Å². The van der Waals surface area contributed by atoms with E-state index in [9.17, 15) is 18.3 Å². The Labute approximate surface area is 204 Å². The molecular weight excluding hydrogens is 470 g/mol. The number of hydrogen-bond acceptors (Lipinski definition) is 6. The van der Waals surface area contributed by atoms with E-state index >= 15 is 0 Å². The molecule has 0 amide bonds. The van der Waals surface area contributed by atoms with Gasteiger partial charge in [-0.15, -0.1) is 0 Å². The van der Waals surface area contributed by atoms with Crippen molar-refractivity contribution in [3.05, 3.63) is 72.3 Å². The molecule has 0 radical (unpaired) electrons. The predicted octanol–water partition coefficient (Wildman–Crippen LogP) is 4.09. The van der Waals surface area contributed by atoms with E-state index < -0.39 is 28.0 Å². The number of fused-ring (bicyclic) bond motifs is 1. The normalized spacial score (nSPS) is 13.9. The van der Waals surface area contributed by atoms with Crippen LogP contribution in [0.2, 0.25) is 0 Å². The standard InChI is InChI=1S/C26H27NO7S/c1-17(2)25(26(28)29)27-35(30,31)22-10-6-20(7-11-22)19-4-8-21(9-5-19)34-16-18-3-12-23-24(15-18)33-14-13-32-23/h3-12,15,17,25,27H,13-14,16H2,1-2H3,(H,28,29)/t25-/m1/s1. The summed E-state index contributed by atoms with van der Waals surface area (Å²) in [4.78, 5) is 11.4. The van der Waals surface area contributed by atoms with Gasteiger partial charge in [-0.05, 0) is 59.0 Å². The van der Waals surface area contributed by atoms with Gasteiger partial charge < -0.3 is 19.3 Å². The summed E-state index contributed by atoms with van der Waals surface area (Å²) in [6.07, 6.45) is 0. The lowest BCUT2D eigenvalue weighted by molar-refractivity contribution is -0.140. The third-order valence-corrected chi connectivity index (χ3v) is 7.04. The van der Waals surface area contributed by atoms with E-state index in [1.54, 1.807) is 26.0 Å². The molecule has 0 aromatic heterocycles. The molecule has 4 rings (SSSR count). The van der Waals surface area contributed by atoms with E-state index in [1.165, 1.54) is 12.1 Å². The number of ether oxygens (including phenoxy) is 3. The molecule has 0 saturated carbocycles. The molecule has 8 nitrogen and oxygen atoms in total. The second-order valence-electron chi connectivity index (χ2n) is 8.50. The van der Waals surface area contributed by atoms with Crippen LogP contribution in [0, 0.1) is 5.92 Å². The molecule has 0 fully saturated rings. The number of hydrogen-bond donors (Lipinski definition) is 2. The Bertz CT molecular complexity index is 1290. The molecule has 1 aliphatic heterocycles. The first kappa shape index (κ1) is 24.6. The Morgan fingerprint density at radius 1 is 0.943 bits per heavy atom. The van der Waals surface area contributed by atoms with Gasteiger partial charge in [-0.2, -0.15) is 4.72 Å². The smallest absolute Gasteiger partial charge is 0.322 e. The van der Waals surface area contributed by atoms with Crippen molar-refractivity contribution in [2.24, 2.45) is 5.92 Å². The Kier molecular flexibility index (Phi) is 7.28. The fourth-order valence-corrected chi connectivity index (χ4v) is 4.96. The maximum Gasteiger partial charge on any atom is 0.322 e. The third-order valence-electron chi connectivity index (χ3n) is 5.58. The fraction of sp³-hybridized carbons (Fsp3) is 0.269. The molecule has 1 heterocycles.